The number of nitrogens with zero attached hydrogens (tertiary/aromatic N) is 2. The third kappa shape index (κ3) is 2.71. The van der Waals surface area contributed by atoms with Crippen molar-refractivity contribution in [1.82, 2.24) is 15.0 Å². The topological polar surface area (TPSA) is 58.6 Å². The highest BCUT2D eigenvalue weighted by Crippen LogP contribution is 2.22. The fraction of sp³-hybridized carbons (Fsp3) is 0.357. The molecule has 0 saturated carbocycles. The van der Waals surface area contributed by atoms with Gasteiger partial charge in [0.05, 0.1) is 5.69 Å². The second-order valence-electron chi connectivity index (χ2n) is 4.81. The van der Waals surface area contributed by atoms with Gasteiger partial charge in [0.25, 0.3) is 5.56 Å². The highest BCUT2D eigenvalue weighted by Gasteiger charge is 2.17. The van der Waals surface area contributed by atoms with Gasteiger partial charge in [-0.25, -0.2) is 4.98 Å². The summed E-state index contributed by atoms with van der Waals surface area (Å²) in [5.41, 5.74) is 4.18. The van der Waals surface area contributed by atoms with Crippen LogP contribution in [0.2, 0.25) is 0 Å². The zero-order valence-electron chi connectivity index (χ0n) is 10.8. The molecule has 1 aliphatic rings. The Kier molecular flexibility index (Phi) is 3.38. The first-order valence-electron chi connectivity index (χ1n) is 6.38. The maximum Gasteiger partial charge on any atom is 0.254 e. The first-order valence-corrected chi connectivity index (χ1v) is 7.36. The van der Waals surface area contributed by atoms with Crippen LogP contribution < -0.4 is 5.56 Å². The van der Waals surface area contributed by atoms with E-state index in [0.717, 1.165) is 47.4 Å². The van der Waals surface area contributed by atoms with Crippen molar-refractivity contribution in [2.75, 3.05) is 0 Å². The SMILES string of the molecule is Cc1cncc(CSc2nc3c(c(=O)[nH]2)CCC3)c1. The Bertz CT molecular complexity index is 666. The maximum absolute atomic E-state index is 11.9. The largest absolute Gasteiger partial charge is 0.301 e. The second-order valence-corrected chi connectivity index (χ2v) is 5.77. The summed E-state index contributed by atoms with van der Waals surface area (Å²) in [6, 6.07) is 2.10. The van der Waals surface area contributed by atoms with Crippen molar-refractivity contribution in [3.8, 4) is 0 Å². The monoisotopic (exact) mass is 273 g/mol. The van der Waals surface area contributed by atoms with Crippen molar-refractivity contribution >= 4 is 11.8 Å². The van der Waals surface area contributed by atoms with Crippen molar-refractivity contribution in [3.05, 3.63) is 51.2 Å². The van der Waals surface area contributed by atoms with Gasteiger partial charge in [-0.1, -0.05) is 17.8 Å². The minimum Gasteiger partial charge on any atom is -0.301 e. The average molecular weight is 273 g/mol. The van der Waals surface area contributed by atoms with Gasteiger partial charge in [0.2, 0.25) is 0 Å². The van der Waals surface area contributed by atoms with Crippen LogP contribution in [0.25, 0.3) is 0 Å². The lowest BCUT2D eigenvalue weighted by molar-refractivity contribution is 0.869. The maximum atomic E-state index is 11.9. The van der Waals surface area contributed by atoms with Crippen molar-refractivity contribution in [3.63, 3.8) is 0 Å². The molecule has 2 heterocycles. The van der Waals surface area contributed by atoms with Gasteiger partial charge >= 0.3 is 0 Å². The molecule has 2 aromatic rings. The number of aryl methyl sites for hydroxylation is 2. The van der Waals surface area contributed by atoms with Gasteiger partial charge in [-0.15, -0.1) is 0 Å². The van der Waals surface area contributed by atoms with Crippen LogP contribution in [-0.2, 0) is 18.6 Å². The Morgan fingerprint density at radius 1 is 1.37 bits per heavy atom. The fourth-order valence-electron chi connectivity index (χ4n) is 2.34. The molecule has 0 amide bonds. The summed E-state index contributed by atoms with van der Waals surface area (Å²) in [4.78, 5) is 23.4. The van der Waals surface area contributed by atoms with Crippen LogP contribution in [0.5, 0.6) is 0 Å². The van der Waals surface area contributed by atoms with Gasteiger partial charge in [-0.3, -0.25) is 9.78 Å². The smallest absolute Gasteiger partial charge is 0.254 e. The molecule has 2 aromatic heterocycles. The Hall–Kier alpha value is -1.62. The van der Waals surface area contributed by atoms with Gasteiger partial charge in [0.1, 0.15) is 0 Å². The molecule has 0 fully saturated rings. The number of aromatic nitrogens is 3. The standard InChI is InChI=1S/C14H15N3OS/c1-9-5-10(7-15-6-9)8-19-14-16-12-4-2-3-11(12)13(18)17-14/h5-7H,2-4,8H2,1H3,(H,16,17,18). The molecule has 0 spiro atoms. The normalized spacial score (nSPS) is 13.5. The van der Waals surface area contributed by atoms with Crippen LogP contribution in [0.15, 0.2) is 28.4 Å². The third-order valence-electron chi connectivity index (χ3n) is 3.23. The van der Waals surface area contributed by atoms with Crippen LogP contribution in [0.4, 0.5) is 0 Å². The van der Waals surface area contributed by atoms with Crippen LogP contribution >= 0.6 is 11.8 Å². The quantitative estimate of drug-likeness (QED) is 0.688. The molecule has 0 bridgehead atoms. The molecule has 0 unspecified atom stereocenters. The molecule has 19 heavy (non-hydrogen) atoms. The van der Waals surface area contributed by atoms with E-state index in [-0.39, 0.29) is 5.56 Å². The lowest BCUT2D eigenvalue weighted by Gasteiger charge is -2.04. The van der Waals surface area contributed by atoms with E-state index in [0.29, 0.717) is 5.16 Å². The Morgan fingerprint density at radius 2 is 2.26 bits per heavy atom. The predicted octanol–water partition coefficient (Wildman–Crippen LogP) is 2.25. The molecule has 0 aromatic carbocycles. The minimum absolute atomic E-state index is 0.0346. The number of fused-ring (bicyclic) bond motifs is 1. The van der Waals surface area contributed by atoms with Gasteiger partial charge in [0, 0.05) is 23.7 Å². The van der Waals surface area contributed by atoms with Gasteiger partial charge in [0.15, 0.2) is 5.16 Å². The summed E-state index contributed by atoms with van der Waals surface area (Å²) in [5.74, 6) is 0.774. The number of H-pyrrole nitrogens is 1. The second kappa shape index (κ2) is 5.17. The van der Waals surface area contributed by atoms with E-state index in [4.69, 9.17) is 0 Å². The molecule has 5 heteroatoms. The first kappa shape index (κ1) is 12.4. The number of hydrogen-bond acceptors (Lipinski definition) is 4. The summed E-state index contributed by atoms with van der Waals surface area (Å²) in [5, 5.41) is 0.715. The zero-order chi connectivity index (χ0) is 13.2. The van der Waals surface area contributed by atoms with Gasteiger partial charge < -0.3 is 4.98 Å². The van der Waals surface area contributed by atoms with Gasteiger partial charge in [-0.2, -0.15) is 0 Å². The summed E-state index contributed by atoms with van der Waals surface area (Å²) in [6.07, 6.45) is 6.53. The summed E-state index contributed by atoms with van der Waals surface area (Å²) < 4.78 is 0. The lowest BCUT2D eigenvalue weighted by atomic mass is 10.2. The highest BCUT2D eigenvalue weighted by atomic mass is 32.2. The number of rotatable bonds is 3. The van der Waals surface area contributed by atoms with Crippen molar-refractivity contribution in [2.24, 2.45) is 0 Å². The first-order chi connectivity index (χ1) is 9.22. The number of pyridine rings is 1. The van der Waals surface area contributed by atoms with E-state index in [2.05, 4.69) is 21.0 Å². The molecular weight excluding hydrogens is 258 g/mol. The zero-order valence-corrected chi connectivity index (χ0v) is 11.6. The van der Waals surface area contributed by atoms with E-state index < -0.39 is 0 Å². The minimum atomic E-state index is 0.0346. The molecule has 0 atom stereocenters. The van der Waals surface area contributed by atoms with E-state index in [9.17, 15) is 4.79 Å². The third-order valence-corrected chi connectivity index (χ3v) is 4.17. The highest BCUT2D eigenvalue weighted by molar-refractivity contribution is 7.98. The van der Waals surface area contributed by atoms with Crippen molar-refractivity contribution in [1.29, 1.82) is 0 Å². The Labute approximate surface area is 115 Å². The van der Waals surface area contributed by atoms with E-state index in [1.165, 1.54) is 0 Å². The summed E-state index contributed by atoms with van der Waals surface area (Å²) >= 11 is 1.56. The van der Waals surface area contributed by atoms with Crippen molar-refractivity contribution < 1.29 is 0 Å². The lowest BCUT2D eigenvalue weighted by Crippen LogP contribution is -2.14. The predicted molar refractivity (Wildman–Crippen MR) is 75.4 cm³/mol. The van der Waals surface area contributed by atoms with E-state index in [1.54, 1.807) is 11.8 Å². The van der Waals surface area contributed by atoms with Crippen LogP contribution in [0, 0.1) is 6.92 Å². The Morgan fingerprint density at radius 3 is 3.11 bits per heavy atom. The molecule has 0 radical (unpaired) electrons. The van der Waals surface area contributed by atoms with Gasteiger partial charge in [-0.05, 0) is 37.3 Å². The average Bonchev–Trinajstić information content (AvgIpc) is 2.85. The fourth-order valence-corrected chi connectivity index (χ4v) is 3.14. The van der Waals surface area contributed by atoms with Crippen LogP contribution in [0.1, 0.15) is 28.8 Å². The summed E-state index contributed by atoms with van der Waals surface area (Å²) in [7, 11) is 0. The molecule has 3 rings (SSSR count). The van der Waals surface area contributed by atoms with Crippen LogP contribution in [-0.4, -0.2) is 15.0 Å². The molecule has 0 saturated heterocycles. The molecule has 98 valence electrons. The summed E-state index contributed by atoms with van der Waals surface area (Å²) in [6.45, 7) is 2.02. The molecule has 4 nitrogen and oxygen atoms in total. The Balaban J connectivity index is 1.77. The van der Waals surface area contributed by atoms with E-state index >= 15 is 0 Å². The number of nitrogens with one attached hydrogen (secondary N) is 1. The molecule has 1 aliphatic carbocycles. The van der Waals surface area contributed by atoms with Crippen molar-refractivity contribution in [2.45, 2.75) is 37.1 Å². The number of aromatic amines is 1. The van der Waals surface area contributed by atoms with Crippen LogP contribution in [0.3, 0.4) is 0 Å². The number of hydrogen-bond donors (Lipinski definition) is 1. The molecular formula is C14H15N3OS. The molecule has 0 aliphatic heterocycles. The molecule has 1 N–H and O–H groups in total. The van der Waals surface area contributed by atoms with E-state index in [1.807, 2.05) is 19.3 Å². The number of thioether (sulfide) groups is 1.